The van der Waals surface area contributed by atoms with Gasteiger partial charge in [0.05, 0.1) is 6.61 Å². The molecule has 2 aromatic rings. The molecule has 0 saturated carbocycles. The Hall–Kier alpha value is -2.16. The quantitative estimate of drug-likeness (QED) is 0.622. The standard InChI is InChI=1S/C18H24N2O/c1-3-15-5-9-17(10-6-15)20(2)13-4-14-21-18-11-7-16(19)8-12-18/h5-12H,3-4,13-14,19H2,1-2H3. The fourth-order valence-corrected chi connectivity index (χ4v) is 2.17. The summed E-state index contributed by atoms with van der Waals surface area (Å²) in [6.07, 6.45) is 2.07. The van der Waals surface area contributed by atoms with Crippen LogP contribution in [0.5, 0.6) is 5.75 Å². The first-order chi connectivity index (χ1) is 10.2. The van der Waals surface area contributed by atoms with E-state index in [9.17, 15) is 0 Å². The predicted molar refractivity (Wildman–Crippen MR) is 90.1 cm³/mol. The van der Waals surface area contributed by atoms with Gasteiger partial charge in [-0.3, -0.25) is 0 Å². The minimum atomic E-state index is 0.710. The highest BCUT2D eigenvalue weighted by molar-refractivity contribution is 5.46. The summed E-state index contributed by atoms with van der Waals surface area (Å²) in [6, 6.07) is 16.3. The van der Waals surface area contributed by atoms with Gasteiger partial charge >= 0.3 is 0 Å². The Labute approximate surface area is 127 Å². The molecule has 21 heavy (non-hydrogen) atoms. The summed E-state index contributed by atoms with van der Waals surface area (Å²) < 4.78 is 5.70. The Bertz CT molecular complexity index is 534. The van der Waals surface area contributed by atoms with E-state index in [1.165, 1.54) is 11.3 Å². The summed E-state index contributed by atoms with van der Waals surface area (Å²) in [5, 5.41) is 0. The number of hydrogen-bond donors (Lipinski definition) is 1. The van der Waals surface area contributed by atoms with Crippen molar-refractivity contribution in [3.8, 4) is 5.75 Å². The van der Waals surface area contributed by atoms with Crippen LogP contribution < -0.4 is 15.4 Å². The summed E-state index contributed by atoms with van der Waals surface area (Å²) in [6.45, 7) is 3.86. The Morgan fingerprint density at radius 2 is 1.67 bits per heavy atom. The Morgan fingerprint density at radius 1 is 1.00 bits per heavy atom. The Balaban J connectivity index is 1.73. The fourth-order valence-electron chi connectivity index (χ4n) is 2.17. The van der Waals surface area contributed by atoms with Crippen molar-refractivity contribution in [2.24, 2.45) is 0 Å². The van der Waals surface area contributed by atoms with Gasteiger partial charge in [-0.1, -0.05) is 19.1 Å². The smallest absolute Gasteiger partial charge is 0.119 e. The second-order valence-electron chi connectivity index (χ2n) is 5.21. The van der Waals surface area contributed by atoms with Crippen LogP contribution in [-0.2, 0) is 6.42 Å². The van der Waals surface area contributed by atoms with Crippen molar-refractivity contribution in [2.75, 3.05) is 30.8 Å². The molecule has 0 aliphatic rings. The third kappa shape index (κ3) is 4.71. The van der Waals surface area contributed by atoms with Crippen molar-refractivity contribution in [2.45, 2.75) is 19.8 Å². The molecule has 0 saturated heterocycles. The molecule has 0 aromatic heterocycles. The summed E-state index contributed by atoms with van der Waals surface area (Å²) >= 11 is 0. The van der Waals surface area contributed by atoms with Gasteiger partial charge in [-0.05, 0) is 54.8 Å². The highest BCUT2D eigenvalue weighted by Crippen LogP contribution is 2.15. The number of rotatable bonds is 7. The number of hydrogen-bond acceptors (Lipinski definition) is 3. The van der Waals surface area contributed by atoms with Crippen LogP contribution in [-0.4, -0.2) is 20.2 Å². The maximum atomic E-state index is 5.70. The third-order valence-electron chi connectivity index (χ3n) is 3.57. The van der Waals surface area contributed by atoms with Crippen molar-refractivity contribution in [3.63, 3.8) is 0 Å². The molecule has 3 nitrogen and oxygen atoms in total. The van der Waals surface area contributed by atoms with E-state index in [0.29, 0.717) is 6.61 Å². The van der Waals surface area contributed by atoms with Crippen LogP contribution in [0.1, 0.15) is 18.9 Å². The molecule has 0 bridgehead atoms. The molecule has 0 heterocycles. The summed E-state index contributed by atoms with van der Waals surface area (Å²) in [5.74, 6) is 0.874. The minimum Gasteiger partial charge on any atom is -0.494 e. The van der Waals surface area contributed by atoms with Crippen LogP contribution in [0.15, 0.2) is 48.5 Å². The van der Waals surface area contributed by atoms with Gasteiger partial charge in [0.15, 0.2) is 0 Å². The van der Waals surface area contributed by atoms with Crippen LogP contribution >= 0.6 is 0 Å². The highest BCUT2D eigenvalue weighted by atomic mass is 16.5. The maximum absolute atomic E-state index is 5.70. The van der Waals surface area contributed by atoms with Crippen LogP contribution in [0.25, 0.3) is 0 Å². The van der Waals surface area contributed by atoms with Gasteiger partial charge in [-0.2, -0.15) is 0 Å². The lowest BCUT2D eigenvalue weighted by Crippen LogP contribution is -2.20. The van der Waals surface area contributed by atoms with Gasteiger partial charge in [0, 0.05) is 25.0 Å². The van der Waals surface area contributed by atoms with Gasteiger partial charge in [0.25, 0.3) is 0 Å². The lowest BCUT2D eigenvalue weighted by Gasteiger charge is -2.19. The Morgan fingerprint density at radius 3 is 2.29 bits per heavy atom. The first kappa shape index (κ1) is 15.2. The number of aryl methyl sites for hydroxylation is 1. The monoisotopic (exact) mass is 284 g/mol. The molecule has 0 unspecified atom stereocenters. The Kier molecular flexibility index (Phi) is 5.50. The van der Waals surface area contributed by atoms with E-state index in [1.807, 2.05) is 24.3 Å². The van der Waals surface area contributed by atoms with E-state index in [4.69, 9.17) is 10.5 Å². The molecule has 0 spiro atoms. The summed E-state index contributed by atoms with van der Waals surface area (Å²) in [4.78, 5) is 2.26. The SMILES string of the molecule is CCc1ccc(N(C)CCCOc2ccc(N)cc2)cc1. The first-order valence-corrected chi connectivity index (χ1v) is 7.47. The molecule has 2 N–H and O–H groups in total. The molecule has 2 aromatic carbocycles. The van der Waals surface area contributed by atoms with E-state index in [2.05, 4.69) is 43.1 Å². The molecular formula is C18H24N2O. The first-order valence-electron chi connectivity index (χ1n) is 7.47. The lowest BCUT2D eigenvalue weighted by molar-refractivity contribution is 0.312. The number of nitrogen functional groups attached to an aromatic ring is 1. The van der Waals surface area contributed by atoms with Crippen molar-refractivity contribution < 1.29 is 4.74 Å². The second-order valence-corrected chi connectivity index (χ2v) is 5.21. The van der Waals surface area contributed by atoms with E-state index in [0.717, 1.165) is 30.8 Å². The van der Waals surface area contributed by atoms with E-state index < -0.39 is 0 Å². The molecule has 112 valence electrons. The van der Waals surface area contributed by atoms with Crippen molar-refractivity contribution in [1.82, 2.24) is 0 Å². The van der Waals surface area contributed by atoms with Crippen molar-refractivity contribution in [3.05, 3.63) is 54.1 Å². The molecule has 0 aliphatic carbocycles. The van der Waals surface area contributed by atoms with Crippen LogP contribution in [0.2, 0.25) is 0 Å². The number of benzene rings is 2. The molecule has 2 rings (SSSR count). The second kappa shape index (κ2) is 7.58. The fraction of sp³-hybridized carbons (Fsp3) is 0.333. The average molecular weight is 284 g/mol. The number of ether oxygens (including phenoxy) is 1. The molecule has 0 fully saturated rings. The zero-order chi connectivity index (χ0) is 15.1. The van der Waals surface area contributed by atoms with E-state index in [1.54, 1.807) is 0 Å². The van der Waals surface area contributed by atoms with Gasteiger partial charge in [-0.15, -0.1) is 0 Å². The van der Waals surface area contributed by atoms with Gasteiger partial charge in [-0.25, -0.2) is 0 Å². The van der Waals surface area contributed by atoms with Gasteiger partial charge < -0.3 is 15.4 Å². The number of nitrogens with zero attached hydrogens (tertiary/aromatic N) is 1. The third-order valence-corrected chi connectivity index (χ3v) is 3.57. The zero-order valence-corrected chi connectivity index (χ0v) is 12.9. The zero-order valence-electron chi connectivity index (χ0n) is 12.9. The molecule has 0 atom stereocenters. The topological polar surface area (TPSA) is 38.5 Å². The van der Waals surface area contributed by atoms with Gasteiger partial charge in [0.1, 0.15) is 5.75 Å². The van der Waals surface area contributed by atoms with Crippen molar-refractivity contribution >= 4 is 11.4 Å². The molecule has 3 heteroatoms. The summed E-state index contributed by atoms with van der Waals surface area (Å²) in [5.41, 5.74) is 9.03. The van der Waals surface area contributed by atoms with E-state index >= 15 is 0 Å². The normalized spacial score (nSPS) is 10.4. The maximum Gasteiger partial charge on any atom is 0.119 e. The summed E-state index contributed by atoms with van der Waals surface area (Å²) in [7, 11) is 2.12. The largest absolute Gasteiger partial charge is 0.494 e. The number of nitrogens with two attached hydrogens (primary N) is 1. The van der Waals surface area contributed by atoms with Crippen molar-refractivity contribution in [1.29, 1.82) is 0 Å². The highest BCUT2D eigenvalue weighted by Gasteiger charge is 2.01. The number of anilines is 2. The molecular weight excluding hydrogens is 260 g/mol. The minimum absolute atomic E-state index is 0.710. The predicted octanol–water partition coefficient (Wildman–Crippen LogP) is 3.74. The molecule has 0 aliphatic heterocycles. The van der Waals surface area contributed by atoms with Crippen LogP contribution in [0.3, 0.4) is 0 Å². The van der Waals surface area contributed by atoms with Crippen LogP contribution in [0, 0.1) is 0 Å². The van der Waals surface area contributed by atoms with Gasteiger partial charge in [0.2, 0.25) is 0 Å². The molecule has 0 amide bonds. The van der Waals surface area contributed by atoms with E-state index in [-0.39, 0.29) is 0 Å². The van der Waals surface area contributed by atoms with Crippen LogP contribution in [0.4, 0.5) is 11.4 Å². The average Bonchev–Trinajstić information content (AvgIpc) is 2.53. The molecule has 0 radical (unpaired) electrons. The lowest BCUT2D eigenvalue weighted by atomic mass is 10.1.